The number of alkyl carbamates (subject to hydrolysis) is 1. The Morgan fingerprint density at radius 1 is 1.07 bits per heavy atom. The number of likely N-dealkylation sites (N-methyl/N-ethyl adjacent to an activating group) is 1. The molecule has 0 spiro atoms. The Bertz CT molecular complexity index is 1160. The highest BCUT2D eigenvalue weighted by molar-refractivity contribution is 7.80. The van der Waals surface area contributed by atoms with E-state index < -0.39 is 17.7 Å². The molecule has 0 unspecified atom stereocenters. The van der Waals surface area contributed by atoms with E-state index in [4.69, 9.17) is 21.9 Å². The summed E-state index contributed by atoms with van der Waals surface area (Å²) in [6.45, 7) is 18.0. The fourth-order valence-corrected chi connectivity index (χ4v) is 4.76. The quantitative estimate of drug-likeness (QED) is 0.368. The number of benzene rings is 1. The van der Waals surface area contributed by atoms with Crippen LogP contribution in [0.5, 0.6) is 0 Å². The molecule has 0 aliphatic carbocycles. The fourth-order valence-electron chi connectivity index (χ4n) is 4.54. The van der Waals surface area contributed by atoms with E-state index in [-0.39, 0.29) is 5.91 Å². The van der Waals surface area contributed by atoms with Crippen LogP contribution in [0.3, 0.4) is 0 Å². The van der Waals surface area contributed by atoms with E-state index in [9.17, 15) is 9.59 Å². The zero-order chi connectivity index (χ0) is 29.3. The van der Waals surface area contributed by atoms with Gasteiger partial charge < -0.3 is 35.4 Å². The van der Waals surface area contributed by atoms with Gasteiger partial charge in [0, 0.05) is 55.9 Å². The molecule has 1 aromatic carbocycles. The van der Waals surface area contributed by atoms with Crippen LogP contribution < -0.4 is 20.9 Å². The molecule has 1 aliphatic heterocycles. The molecule has 1 aliphatic rings. The lowest BCUT2D eigenvalue weighted by Gasteiger charge is -2.36. The lowest BCUT2D eigenvalue weighted by atomic mass is 10.1. The van der Waals surface area contributed by atoms with Crippen molar-refractivity contribution in [1.29, 1.82) is 0 Å². The molecule has 2 amide bonds. The van der Waals surface area contributed by atoms with E-state index >= 15 is 0 Å². The first kappa shape index (κ1) is 31.3. The molecule has 0 bridgehead atoms. The Balaban J connectivity index is 1.53. The van der Waals surface area contributed by atoms with E-state index in [0.717, 1.165) is 48.6 Å². The second-order valence-corrected chi connectivity index (χ2v) is 11.4. The van der Waals surface area contributed by atoms with Crippen molar-refractivity contribution in [3.05, 3.63) is 30.3 Å². The van der Waals surface area contributed by atoms with Crippen LogP contribution in [0.15, 0.2) is 30.3 Å². The number of nitrogens with zero attached hydrogens (tertiary/aromatic N) is 4. The van der Waals surface area contributed by atoms with Gasteiger partial charge in [-0.25, -0.2) is 9.78 Å². The van der Waals surface area contributed by atoms with Crippen molar-refractivity contribution in [3.8, 4) is 0 Å². The Hall–Kier alpha value is -3.18. The van der Waals surface area contributed by atoms with Crippen molar-refractivity contribution in [2.75, 3.05) is 62.6 Å². The number of pyridine rings is 1. The summed E-state index contributed by atoms with van der Waals surface area (Å²) in [4.78, 5) is 36.4. The summed E-state index contributed by atoms with van der Waals surface area (Å²) in [6, 6.07) is 10.1. The minimum absolute atomic E-state index is 0.154. The van der Waals surface area contributed by atoms with Crippen molar-refractivity contribution in [1.82, 2.24) is 25.4 Å². The SMILES string of the molecule is CC[C@H](OC(=O)NC(C)(C)C)C(=O)N1CCN(c2ccc3cc(NC(=S)NCCN(CC)CC)ccc3n2)CC1. The molecular weight excluding hydrogens is 526 g/mol. The van der Waals surface area contributed by atoms with Gasteiger partial charge in [-0.1, -0.05) is 20.8 Å². The molecule has 40 heavy (non-hydrogen) atoms. The molecule has 2 heterocycles. The number of rotatable bonds is 10. The van der Waals surface area contributed by atoms with Gasteiger partial charge in [-0.3, -0.25) is 4.79 Å². The number of hydrogen-bond acceptors (Lipinski definition) is 7. The number of thiocarbonyl (C=S) groups is 1. The van der Waals surface area contributed by atoms with Gasteiger partial charge >= 0.3 is 6.09 Å². The number of ether oxygens (including phenoxy) is 1. The largest absolute Gasteiger partial charge is 0.436 e. The van der Waals surface area contributed by atoms with E-state index in [1.54, 1.807) is 4.90 Å². The summed E-state index contributed by atoms with van der Waals surface area (Å²) >= 11 is 5.46. The maximum Gasteiger partial charge on any atom is 0.408 e. The van der Waals surface area contributed by atoms with Crippen LogP contribution in [-0.2, 0) is 9.53 Å². The van der Waals surface area contributed by atoms with E-state index in [0.29, 0.717) is 37.7 Å². The van der Waals surface area contributed by atoms with Gasteiger partial charge in [0.15, 0.2) is 11.2 Å². The van der Waals surface area contributed by atoms with Gasteiger partial charge in [0.1, 0.15) is 5.82 Å². The molecule has 1 saturated heterocycles. The maximum atomic E-state index is 13.0. The minimum Gasteiger partial charge on any atom is -0.436 e. The first-order chi connectivity index (χ1) is 19.0. The van der Waals surface area contributed by atoms with Crippen LogP contribution in [0.1, 0.15) is 48.0 Å². The summed E-state index contributed by atoms with van der Waals surface area (Å²) in [6.07, 6.45) is -0.934. The van der Waals surface area contributed by atoms with Crippen molar-refractivity contribution in [3.63, 3.8) is 0 Å². The van der Waals surface area contributed by atoms with Crippen molar-refractivity contribution < 1.29 is 14.3 Å². The first-order valence-electron chi connectivity index (χ1n) is 14.2. The number of nitrogens with one attached hydrogen (secondary N) is 3. The van der Waals surface area contributed by atoms with Crippen LogP contribution in [0.4, 0.5) is 16.3 Å². The number of fused-ring (bicyclic) bond motifs is 1. The summed E-state index contributed by atoms with van der Waals surface area (Å²) in [5.41, 5.74) is 1.38. The number of carbonyl (C=O) groups is 2. The highest BCUT2D eigenvalue weighted by atomic mass is 32.1. The lowest BCUT2D eigenvalue weighted by molar-refractivity contribution is -0.140. The second kappa shape index (κ2) is 14.5. The Morgan fingerprint density at radius 3 is 2.40 bits per heavy atom. The van der Waals surface area contributed by atoms with Crippen LogP contribution >= 0.6 is 12.2 Å². The molecule has 3 N–H and O–H groups in total. The van der Waals surface area contributed by atoms with Crippen LogP contribution in [0.2, 0.25) is 0 Å². The monoisotopic (exact) mass is 571 g/mol. The number of amides is 2. The Morgan fingerprint density at radius 2 is 1.77 bits per heavy atom. The molecule has 1 aromatic heterocycles. The molecule has 10 nitrogen and oxygen atoms in total. The highest BCUT2D eigenvalue weighted by Crippen LogP contribution is 2.23. The smallest absolute Gasteiger partial charge is 0.408 e. The van der Waals surface area contributed by atoms with Crippen LogP contribution in [-0.4, -0.2) is 95.9 Å². The molecule has 0 saturated carbocycles. The number of piperazine rings is 1. The average Bonchev–Trinajstić information content (AvgIpc) is 2.92. The Labute approximate surface area is 243 Å². The van der Waals surface area contributed by atoms with Crippen molar-refractivity contribution in [2.45, 2.75) is 59.6 Å². The van der Waals surface area contributed by atoms with Gasteiger partial charge in [0.05, 0.1) is 5.52 Å². The summed E-state index contributed by atoms with van der Waals surface area (Å²) in [5, 5.41) is 10.9. The van der Waals surface area contributed by atoms with Gasteiger partial charge in [0.25, 0.3) is 5.91 Å². The summed E-state index contributed by atoms with van der Waals surface area (Å²) < 4.78 is 5.44. The molecular formula is C29H45N7O3S. The van der Waals surface area contributed by atoms with E-state index in [2.05, 4.69) is 45.7 Å². The third-order valence-corrected chi connectivity index (χ3v) is 7.07. The summed E-state index contributed by atoms with van der Waals surface area (Å²) in [5.74, 6) is 0.722. The zero-order valence-corrected chi connectivity index (χ0v) is 25.6. The van der Waals surface area contributed by atoms with Crippen molar-refractivity contribution in [2.24, 2.45) is 0 Å². The molecule has 3 rings (SSSR count). The summed E-state index contributed by atoms with van der Waals surface area (Å²) in [7, 11) is 0. The zero-order valence-electron chi connectivity index (χ0n) is 24.7. The second-order valence-electron chi connectivity index (χ2n) is 11.0. The first-order valence-corrected chi connectivity index (χ1v) is 14.6. The molecule has 220 valence electrons. The van der Waals surface area contributed by atoms with Gasteiger partial charge in [-0.05, 0) is 82.8 Å². The third kappa shape index (κ3) is 9.19. The number of hydrogen-bond donors (Lipinski definition) is 3. The molecule has 0 radical (unpaired) electrons. The van der Waals surface area contributed by atoms with Crippen molar-refractivity contribution >= 4 is 51.7 Å². The number of anilines is 2. The standard InChI is InChI=1S/C29H45N7O3S/c1-7-24(39-28(38)33-29(4,5)6)26(37)36-18-16-35(17-19-36)25-13-10-21-20-22(11-12-23(21)32-25)31-27(40)30-14-15-34(8-2)9-3/h10-13,20,24H,7-9,14-19H2,1-6H3,(H,33,38)(H2,30,31,40)/t24-/m0/s1. The number of carbonyl (C=O) groups excluding carboxylic acids is 2. The van der Waals surface area contributed by atoms with Gasteiger partial charge in [-0.2, -0.15) is 0 Å². The molecule has 1 atom stereocenters. The predicted octanol–water partition coefficient (Wildman–Crippen LogP) is 3.81. The van der Waals surface area contributed by atoms with Crippen LogP contribution in [0.25, 0.3) is 10.9 Å². The highest BCUT2D eigenvalue weighted by Gasteiger charge is 2.30. The van der Waals surface area contributed by atoms with E-state index in [1.165, 1.54) is 0 Å². The molecule has 2 aromatic rings. The maximum absolute atomic E-state index is 13.0. The van der Waals surface area contributed by atoms with Gasteiger partial charge in [-0.15, -0.1) is 0 Å². The lowest BCUT2D eigenvalue weighted by Crippen LogP contribution is -2.53. The minimum atomic E-state index is -0.791. The number of aromatic nitrogens is 1. The molecule has 11 heteroatoms. The normalized spacial score (nSPS) is 14.7. The van der Waals surface area contributed by atoms with E-state index in [1.807, 2.05) is 52.0 Å². The predicted molar refractivity (Wildman–Crippen MR) is 166 cm³/mol. The average molecular weight is 572 g/mol. The topological polar surface area (TPSA) is 102 Å². The van der Waals surface area contributed by atoms with Crippen LogP contribution in [0, 0.1) is 0 Å². The third-order valence-electron chi connectivity index (χ3n) is 6.83. The molecule has 1 fully saturated rings. The fraction of sp³-hybridized carbons (Fsp3) is 0.586. The Kier molecular flexibility index (Phi) is 11.3. The van der Waals surface area contributed by atoms with Gasteiger partial charge in [0.2, 0.25) is 0 Å².